The van der Waals surface area contributed by atoms with Gasteiger partial charge in [-0.1, -0.05) is 6.92 Å². The Hall–Kier alpha value is -1.74. The van der Waals surface area contributed by atoms with Crippen LogP contribution in [-0.2, 0) is 14.1 Å². The molecule has 20 heavy (non-hydrogen) atoms. The molecular weight excluding hydrogens is 304 g/mol. The first kappa shape index (κ1) is 16.3. The van der Waals surface area contributed by atoms with Crippen LogP contribution in [0.15, 0.2) is 20.3 Å². The normalized spacial score (nSPS) is 11.7. The van der Waals surface area contributed by atoms with Gasteiger partial charge in [0.05, 0.1) is 0 Å². The van der Waals surface area contributed by atoms with Gasteiger partial charge in [0.15, 0.2) is 11.2 Å². The summed E-state index contributed by atoms with van der Waals surface area (Å²) in [4.78, 5) is 28.0. The highest BCUT2D eigenvalue weighted by molar-refractivity contribution is 7.98. The predicted molar refractivity (Wildman–Crippen MR) is 82.6 cm³/mol. The van der Waals surface area contributed by atoms with Crippen LogP contribution in [0.4, 0.5) is 0 Å². The third kappa shape index (κ3) is 2.46. The Morgan fingerprint density at radius 3 is 2.65 bits per heavy atom. The summed E-state index contributed by atoms with van der Waals surface area (Å²) in [5.41, 5.74) is 5.46. The summed E-state index contributed by atoms with van der Waals surface area (Å²) in [6.45, 7) is 1.94. The quantitative estimate of drug-likeness (QED) is 0.465. The summed E-state index contributed by atoms with van der Waals surface area (Å²) in [6.07, 6.45) is 1.39. The smallest absolute Gasteiger partial charge is 0.332 e. The van der Waals surface area contributed by atoms with Crippen molar-refractivity contribution in [3.63, 3.8) is 0 Å². The van der Waals surface area contributed by atoms with Crippen molar-refractivity contribution in [3.05, 3.63) is 27.2 Å². The molecule has 0 bridgehead atoms. The third-order valence-electron chi connectivity index (χ3n) is 2.68. The van der Waals surface area contributed by atoms with Crippen LogP contribution in [0.3, 0.4) is 0 Å². The lowest BCUT2D eigenvalue weighted by atomic mass is 10.5. The second-order valence-electron chi connectivity index (χ2n) is 3.86. The van der Waals surface area contributed by atoms with E-state index in [4.69, 9.17) is 5.73 Å². The fraction of sp³-hybridized carbons (Fsp3) is 0.400. The lowest BCUT2D eigenvalue weighted by Gasteiger charge is -2.05. The third-order valence-corrected chi connectivity index (χ3v) is 3.26. The molecule has 0 aromatic carbocycles. The highest BCUT2D eigenvalue weighted by atomic mass is 35.5. The molecular formula is C10H15ClN6O2S. The van der Waals surface area contributed by atoms with Crippen molar-refractivity contribution >= 4 is 41.5 Å². The van der Waals surface area contributed by atoms with Crippen LogP contribution < -0.4 is 17.0 Å². The Morgan fingerprint density at radius 2 is 2.05 bits per heavy atom. The molecule has 0 aliphatic carbocycles. The first-order valence-corrected chi connectivity index (χ1v) is 6.52. The maximum absolute atomic E-state index is 12.1. The van der Waals surface area contributed by atoms with E-state index in [-0.39, 0.29) is 29.5 Å². The molecule has 2 heterocycles. The molecule has 0 saturated heterocycles. The second-order valence-corrected chi connectivity index (χ2v) is 4.88. The summed E-state index contributed by atoms with van der Waals surface area (Å²) in [5.74, 6) is 0.925. The zero-order chi connectivity index (χ0) is 14.2. The summed E-state index contributed by atoms with van der Waals surface area (Å²) in [5, 5.41) is 0. The van der Waals surface area contributed by atoms with Gasteiger partial charge < -0.3 is 5.73 Å². The van der Waals surface area contributed by atoms with E-state index in [1.54, 1.807) is 7.05 Å². The maximum atomic E-state index is 12.1. The first-order valence-electron chi connectivity index (χ1n) is 5.57. The minimum Gasteiger partial charge on any atom is -0.368 e. The number of hydrogen-bond acceptors (Lipinski definition) is 5. The summed E-state index contributed by atoms with van der Waals surface area (Å²) >= 11 is 1.28. The topological polar surface area (TPSA) is 100 Å². The maximum Gasteiger partial charge on any atom is 0.332 e. The van der Waals surface area contributed by atoms with Gasteiger partial charge in [0.2, 0.25) is 5.96 Å². The van der Waals surface area contributed by atoms with Crippen molar-refractivity contribution in [3.8, 4) is 0 Å². The molecule has 2 aromatic heterocycles. The van der Waals surface area contributed by atoms with E-state index in [1.807, 2.05) is 6.92 Å². The monoisotopic (exact) mass is 318 g/mol. The zero-order valence-corrected chi connectivity index (χ0v) is 12.9. The molecule has 0 aliphatic rings. The van der Waals surface area contributed by atoms with E-state index >= 15 is 0 Å². The van der Waals surface area contributed by atoms with E-state index in [1.165, 1.54) is 34.5 Å². The number of aryl methyl sites for hydroxylation is 1. The molecule has 0 unspecified atom stereocenters. The molecule has 2 N–H and O–H groups in total. The highest BCUT2D eigenvalue weighted by Gasteiger charge is 2.15. The molecule has 0 fully saturated rings. The van der Waals surface area contributed by atoms with Crippen molar-refractivity contribution < 1.29 is 0 Å². The van der Waals surface area contributed by atoms with Crippen molar-refractivity contribution in [1.29, 1.82) is 0 Å². The Morgan fingerprint density at radius 1 is 1.40 bits per heavy atom. The van der Waals surface area contributed by atoms with Gasteiger partial charge in [0, 0.05) is 19.8 Å². The molecule has 10 heteroatoms. The van der Waals surface area contributed by atoms with Crippen LogP contribution in [-0.4, -0.2) is 30.4 Å². The number of hydrogen-bond donors (Lipinski definition) is 1. The average Bonchev–Trinajstić information content (AvgIpc) is 2.85. The standard InChI is InChI=1S/C10H14N6O2S.ClH/c1-4-19-13-9(11)16-5-12-7-6(16)8(17)15(3)10(18)14(7)2;/h5H,4H2,1-3H3,(H2,11,13);1H. The molecule has 0 amide bonds. The van der Waals surface area contributed by atoms with E-state index in [0.717, 1.165) is 10.3 Å². The Bertz CT molecular complexity index is 774. The van der Waals surface area contributed by atoms with Gasteiger partial charge in [-0.15, -0.1) is 12.4 Å². The molecule has 2 rings (SSSR count). The number of halogens is 1. The van der Waals surface area contributed by atoms with Crippen molar-refractivity contribution in [2.24, 2.45) is 24.2 Å². The number of aromatic nitrogens is 4. The number of nitrogens with two attached hydrogens (primary N) is 1. The van der Waals surface area contributed by atoms with E-state index in [9.17, 15) is 9.59 Å². The lowest BCUT2D eigenvalue weighted by Crippen LogP contribution is -2.38. The Kier molecular flexibility index (Phi) is 5.01. The van der Waals surface area contributed by atoms with Crippen LogP contribution in [0, 0.1) is 0 Å². The summed E-state index contributed by atoms with van der Waals surface area (Å²) in [6, 6.07) is 0. The molecule has 0 aliphatic heterocycles. The van der Waals surface area contributed by atoms with Gasteiger partial charge in [-0.05, 0) is 11.9 Å². The van der Waals surface area contributed by atoms with Crippen molar-refractivity contribution in [2.45, 2.75) is 6.92 Å². The van der Waals surface area contributed by atoms with Crippen LogP contribution in [0.25, 0.3) is 11.2 Å². The molecule has 2 aromatic rings. The summed E-state index contributed by atoms with van der Waals surface area (Å²) < 4.78 is 7.76. The minimum atomic E-state index is -0.449. The van der Waals surface area contributed by atoms with Crippen LogP contribution >= 0.6 is 24.4 Å². The molecule has 0 saturated carbocycles. The van der Waals surface area contributed by atoms with Crippen LogP contribution in [0.1, 0.15) is 6.92 Å². The first-order chi connectivity index (χ1) is 8.99. The fourth-order valence-corrected chi connectivity index (χ4v) is 2.04. The zero-order valence-electron chi connectivity index (χ0n) is 11.2. The Labute approximate surface area is 124 Å². The van der Waals surface area contributed by atoms with Crippen molar-refractivity contribution in [1.82, 2.24) is 18.7 Å². The predicted octanol–water partition coefficient (Wildman–Crippen LogP) is -0.314. The van der Waals surface area contributed by atoms with Gasteiger partial charge in [-0.25, -0.2) is 9.78 Å². The van der Waals surface area contributed by atoms with Gasteiger partial charge in [-0.3, -0.25) is 18.5 Å². The molecule has 8 nitrogen and oxygen atoms in total. The van der Waals surface area contributed by atoms with Crippen LogP contribution in [0.5, 0.6) is 0 Å². The van der Waals surface area contributed by atoms with E-state index < -0.39 is 11.2 Å². The van der Waals surface area contributed by atoms with Gasteiger partial charge in [-0.2, -0.15) is 4.40 Å². The number of nitrogens with zero attached hydrogens (tertiary/aromatic N) is 5. The Balaban J connectivity index is 0.00000200. The average molecular weight is 319 g/mol. The number of fused-ring (bicyclic) bond motifs is 1. The molecule has 0 atom stereocenters. The largest absolute Gasteiger partial charge is 0.368 e. The molecule has 0 spiro atoms. The summed E-state index contributed by atoms with van der Waals surface area (Å²) in [7, 11) is 2.96. The van der Waals surface area contributed by atoms with E-state index in [0.29, 0.717) is 0 Å². The highest BCUT2D eigenvalue weighted by Crippen LogP contribution is 2.06. The van der Waals surface area contributed by atoms with Crippen LogP contribution in [0.2, 0.25) is 0 Å². The van der Waals surface area contributed by atoms with Gasteiger partial charge >= 0.3 is 5.69 Å². The second kappa shape index (κ2) is 6.14. The lowest BCUT2D eigenvalue weighted by molar-refractivity contribution is 0.708. The van der Waals surface area contributed by atoms with Crippen molar-refractivity contribution in [2.75, 3.05) is 5.75 Å². The SMILES string of the molecule is CCS/N=C(\N)n1cnc2c1c(=O)n(C)c(=O)n2C.Cl. The fourth-order valence-electron chi connectivity index (χ4n) is 1.69. The van der Waals surface area contributed by atoms with E-state index in [2.05, 4.69) is 9.38 Å². The van der Waals surface area contributed by atoms with Gasteiger partial charge in [0.25, 0.3) is 5.56 Å². The minimum absolute atomic E-state index is 0. The number of rotatable bonds is 2. The number of imidazole rings is 1. The van der Waals surface area contributed by atoms with Gasteiger partial charge in [0.1, 0.15) is 6.33 Å². The molecule has 110 valence electrons. The molecule has 0 radical (unpaired) electrons.